The maximum Gasteiger partial charge on any atom is 0.255 e. The van der Waals surface area contributed by atoms with Crippen molar-refractivity contribution in [2.24, 2.45) is 0 Å². The molecule has 0 radical (unpaired) electrons. The van der Waals surface area contributed by atoms with Crippen LogP contribution in [0.2, 0.25) is 0 Å². The summed E-state index contributed by atoms with van der Waals surface area (Å²) < 4.78 is 0. The van der Waals surface area contributed by atoms with Crippen molar-refractivity contribution >= 4 is 46.8 Å². The normalized spacial score (nSPS) is 18.2. The highest BCUT2D eigenvalue weighted by Gasteiger charge is 2.35. The number of carbonyl (C=O) groups is 4. The summed E-state index contributed by atoms with van der Waals surface area (Å²) in [7, 11) is 0. The molecule has 0 aliphatic carbocycles. The van der Waals surface area contributed by atoms with Crippen LogP contribution in [-0.4, -0.2) is 46.2 Å². The molecule has 1 N–H and O–H groups in total. The summed E-state index contributed by atoms with van der Waals surface area (Å²) in [6.45, 7) is 0. The molecule has 2 heterocycles. The molecule has 2 aromatic rings. The van der Waals surface area contributed by atoms with Crippen molar-refractivity contribution in [2.45, 2.75) is 18.9 Å². The number of nitrogens with one attached hydrogen (secondary N) is 1. The fourth-order valence-corrected chi connectivity index (χ4v) is 4.65. The smallest absolute Gasteiger partial charge is 0.255 e. The van der Waals surface area contributed by atoms with E-state index in [1.165, 1.54) is 16.7 Å². The highest BCUT2D eigenvalue weighted by atomic mass is 32.2. The molecule has 2 saturated heterocycles. The van der Waals surface area contributed by atoms with Crippen LogP contribution in [0.25, 0.3) is 0 Å². The fourth-order valence-electron chi connectivity index (χ4n) is 3.50. The van der Waals surface area contributed by atoms with Gasteiger partial charge in [0.2, 0.25) is 17.7 Å². The van der Waals surface area contributed by atoms with Crippen LogP contribution in [0.5, 0.6) is 0 Å². The second-order valence-electron chi connectivity index (χ2n) is 7.14. The van der Waals surface area contributed by atoms with Gasteiger partial charge in [0.1, 0.15) is 6.04 Å². The van der Waals surface area contributed by atoms with Gasteiger partial charge in [0.15, 0.2) is 0 Å². The first-order valence-electron chi connectivity index (χ1n) is 9.63. The van der Waals surface area contributed by atoms with Gasteiger partial charge in [-0.1, -0.05) is 0 Å². The molecule has 0 saturated carbocycles. The van der Waals surface area contributed by atoms with Gasteiger partial charge in [0, 0.05) is 29.8 Å². The zero-order valence-electron chi connectivity index (χ0n) is 16.4. The number of nitriles is 1. The van der Waals surface area contributed by atoms with Gasteiger partial charge in [0.05, 0.1) is 23.2 Å². The van der Waals surface area contributed by atoms with Crippen molar-refractivity contribution in [2.75, 3.05) is 21.8 Å². The predicted molar refractivity (Wildman–Crippen MR) is 115 cm³/mol. The van der Waals surface area contributed by atoms with Crippen molar-refractivity contribution in [3.05, 3.63) is 59.7 Å². The molecule has 0 spiro atoms. The van der Waals surface area contributed by atoms with E-state index in [0.29, 0.717) is 34.1 Å². The highest BCUT2D eigenvalue weighted by Crippen LogP contribution is 2.27. The average molecular weight is 434 g/mol. The van der Waals surface area contributed by atoms with E-state index in [2.05, 4.69) is 5.32 Å². The molecule has 0 aromatic heterocycles. The fraction of sp³-hybridized carbons (Fsp3) is 0.227. The second kappa shape index (κ2) is 8.62. The number of hydrogen-bond acceptors (Lipinski definition) is 6. The predicted octanol–water partition coefficient (Wildman–Crippen LogP) is 2.37. The third-order valence-corrected chi connectivity index (χ3v) is 6.16. The van der Waals surface area contributed by atoms with Crippen LogP contribution < -0.4 is 10.2 Å². The molecule has 31 heavy (non-hydrogen) atoms. The number of amides is 4. The number of imide groups is 1. The number of thioether (sulfide) groups is 1. The van der Waals surface area contributed by atoms with E-state index >= 15 is 0 Å². The lowest BCUT2D eigenvalue weighted by Gasteiger charge is -2.23. The summed E-state index contributed by atoms with van der Waals surface area (Å²) in [4.78, 5) is 52.2. The lowest BCUT2D eigenvalue weighted by Crippen LogP contribution is -2.44. The summed E-state index contributed by atoms with van der Waals surface area (Å²) in [6.07, 6.45) is 0.390. The van der Waals surface area contributed by atoms with Crippen molar-refractivity contribution < 1.29 is 19.2 Å². The SMILES string of the molecule is N#Cc1ccc(NC(=O)C2CSCN2C(=O)c2ccc(N3C(=O)CCC3=O)cc2)cc1. The minimum absolute atomic E-state index is 0.195. The molecular weight excluding hydrogens is 416 g/mol. The third-order valence-electron chi connectivity index (χ3n) is 5.15. The lowest BCUT2D eigenvalue weighted by molar-refractivity contribution is -0.121. The minimum atomic E-state index is -0.630. The highest BCUT2D eigenvalue weighted by molar-refractivity contribution is 7.99. The molecule has 4 amide bonds. The zero-order chi connectivity index (χ0) is 22.0. The van der Waals surface area contributed by atoms with Gasteiger partial charge in [-0.25, -0.2) is 0 Å². The minimum Gasteiger partial charge on any atom is -0.324 e. The van der Waals surface area contributed by atoms with Crippen molar-refractivity contribution in [3.8, 4) is 6.07 Å². The molecule has 2 aliphatic rings. The molecular formula is C22H18N4O4S. The molecule has 9 heteroatoms. The Kier molecular flexibility index (Phi) is 5.73. The van der Waals surface area contributed by atoms with Gasteiger partial charge in [-0.05, 0) is 48.5 Å². The van der Waals surface area contributed by atoms with Crippen molar-refractivity contribution in [1.29, 1.82) is 5.26 Å². The second-order valence-corrected chi connectivity index (χ2v) is 8.14. The monoisotopic (exact) mass is 434 g/mol. The number of anilines is 2. The van der Waals surface area contributed by atoms with Crippen molar-refractivity contribution in [3.63, 3.8) is 0 Å². The molecule has 2 aliphatic heterocycles. The Hall–Kier alpha value is -3.64. The molecule has 4 rings (SSSR count). The van der Waals surface area contributed by atoms with E-state index in [9.17, 15) is 19.2 Å². The topological polar surface area (TPSA) is 111 Å². The molecule has 2 aromatic carbocycles. The largest absolute Gasteiger partial charge is 0.324 e. The van der Waals surface area contributed by atoms with Gasteiger partial charge in [-0.15, -0.1) is 11.8 Å². The van der Waals surface area contributed by atoms with Crippen LogP contribution in [0.1, 0.15) is 28.8 Å². The third kappa shape index (κ3) is 4.15. The van der Waals surface area contributed by atoms with Crippen LogP contribution in [-0.2, 0) is 14.4 Å². The Labute approximate surface area is 182 Å². The molecule has 8 nitrogen and oxygen atoms in total. The van der Waals surface area contributed by atoms with Gasteiger partial charge < -0.3 is 10.2 Å². The van der Waals surface area contributed by atoms with E-state index in [-0.39, 0.29) is 36.5 Å². The maximum atomic E-state index is 13.0. The van der Waals surface area contributed by atoms with Crippen LogP contribution >= 0.6 is 11.8 Å². The van der Waals surface area contributed by atoms with E-state index in [4.69, 9.17) is 5.26 Å². The average Bonchev–Trinajstić information content (AvgIpc) is 3.41. The van der Waals surface area contributed by atoms with Gasteiger partial charge >= 0.3 is 0 Å². The number of benzene rings is 2. The molecule has 2 fully saturated rings. The zero-order valence-corrected chi connectivity index (χ0v) is 17.2. The quantitative estimate of drug-likeness (QED) is 0.740. The summed E-state index contributed by atoms with van der Waals surface area (Å²) in [5.74, 6) is -0.236. The molecule has 1 atom stereocenters. The van der Waals surface area contributed by atoms with E-state index < -0.39 is 6.04 Å². The first-order chi connectivity index (χ1) is 15.0. The van der Waals surface area contributed by atoms with E-state index in [1.54, 1.807) is 48.5 Å². The van der Waals surface area contributed by atoms with Crippen molar-refractivity contribution in [1.82, 2.24) is 4.90 Å². The standard InChI is InChI=1S/C22H18N4O4S/c23-11-14-1-5-16(6-2-14)24-21(29)18-12-31-13-25(18)22(30)15-3-7-17(8-4-15)26-19(27)9-10-20(26)28/h1-8,18H,9-10,12-13H2,(H,24,29). The Balaban J connectivity index is 1.46. The number of carbonyl (C=O) groups excluding carboxylic acids is 4. The Morgan fingerprint density at radius 1 is 1.00 bits per heavy atom. The number of nitrogens with zero attached hydrogens (tertiary/aromatic N) is 3. The molecule has 0 bridgehead atoms. The summed E-state index contributed by atoms with van der Waals surface area (Å²) >= 11 is 1.49. The van der Waals surface area contributed by atoms with Crippen LogP contribution in [0.3, 0.4) is 0 Å². The van der Waals surface area contributed by atoms with E-state index in [1.807, 2.05) is 6.07 Å². The summed E-state index contributed by atoms with van der Waals surface area (Å²) in [5, 5.41) is 11.7. The number of rotatable bonds is 4. The summed E-state index contributed by atoms with van der Waals surface area (Å²) in [5.41, 5.74) is 1.86. The van der Waals surface area contributed by atoms with Gasteiger partial charge in [-0.3, -0.25) is 24.1 Å². The number of hydrogen-bond donors (Lipinski definition) is 1. The first kappa shape index (κ1) is 20.6. The molecule has 156 valence electrons. The van der Waals surface area contributed by atoms with Crippen LogP contribution in [0.4, 0.5) is 11.4 Å². The Bertz CT molecular complexity index is 1080. The summed E-state index contributed by atoms with van der Waals surface area (Å²) in [6, 6.07) is 14.2. The van der Waals surface area contributed by atoms with E-state index in [0.717, 1.165) is 4.90 Å². The van der Waals surface area contributed by atoms with Gasteiger partial charge in [0.25, 0.3) is 5.91 Å². The van der Waals surface area contributed by atoms with Crippen LogP contribution in [0.15, 0.2) is 48.5 Å². The van der Waals surface area contributed by atoms with Crippen LogP contribution in [0, 0.1) is 11.3 Å². The lowest BCUT2D eigenvalue weighted by atomic mass is 10.1. The van der Waals surface area contributed by atoms with Gasteiger partial charge in [-0.2, -0.15) is 5.26 Å². The maximum absolute atomic E-state index is 13.0. The Morgan fingerprint density at radius 2 is 1.65 bits per heavy atom. The Morgan fingerprint density at radius 3 is 2.26 bits per heavy atom. The molecule has 1 unspecified atom stereocenters. The first-order valence-corrected chi connectivity index (χ1v) is 10.8.